The molecule has 3 rings (SSSR count). The molecular formula is C19H16N4O5S. The number of carbonyl (C=O) groups is 2. The van der Waals surface area contributed by atoms with Crippen LogP contribution in [-0.4, -0.2) is 31.7 Å². The number of hydrogen-bond donors (Lipinski definition) is 2. The zero-order chi connectivity index (χ0) is 21.1. The van der Waals surface area contributed by atoms with Gasteiger partial charge in [0.05, 0.1) is 16.7 Å². The van der Waals surface area contributed by atoms with E-state index in [1.54, 1.807) is 6.07 Å². The number of nitrogens with one attached hydrogen (secondary N) is 1. The van der Waals surface area contributed by atoms with Crippen LogP contribution in [0.15, 0.2) is 58.5 Å². The standard InChI is InChI=1S/C19H16N4O5S/c1-11-3-5-14(6-4-11)29-15-8-12(7-13(9-15)23(27)28)21-18(24)16-10-20-22(2)17(16)19(25)26/h3-10H,1-2H3,(H,21,24)(H,25,26). The van der Waals surface area contributed by atoms with E-state index in [9.17, 15) is 24.8 Å². The van der Waals surface area contributed by atoms with Crippen molar-refractivity contribution in [1.29, 1.82) is 0 Å². The first kappa shape index (κ1) is 20.1. The van der Waals surface area contributed by atoms with Gasteiger partial charge in [-0.2, -0.15) is 5.10 Å². The molecule has 0 aliphatic heterocycles. The lowest BCUT2D eigenvalue weighted by molar-refractivity contribution is -0.385. The van der Waals surface area contributed by atoms with Gasteiger partial charge in [-0.25, -0.2) is 4.79 Å². The number of benzene rings is 2. The molecule has 3 aromatic rings. The lowest BCUT2D eigenvalue weighted by Gasteiger charge is -2.08. The zero-order valence-corrected chi connectivity index (χ0v) is 16.3. The topological polar surface area (TPSA) is 127 Å². The fourth-order valence-electron chi connectivity index (χ4n) is 2.62. The van der Waals surface area contributed by atoms with Gasteiger partial charge in [-0.15, -0.1) is 0 Å². The van der Waals surface area contributed by atoms with Crippen molar-refractivity contribution in [2.75, 3.05) is 5.32 Å². The third-order valence-corrected chi connectivity index (χ3v) is 4.98. The van der Waals surface area contributed by atoms with E-state index in [0.29, 0.717) is 4.90 Å². The molecule has 0 fully saturated rings. The van der Waals surface area contributed by atoms with Crippen LogP contribution in [0.2, 0.25) is 0 Å². The summed E-state index contributed by atoms with van der Waals surface area (Å²) in [5.74, 6) is -2.02. The van der Waals surface area contributed by atoms with Crippen LogP contribution < -0.4 is 5.32 Å². The Balaban J connectivity index is 1.91. The van der Waals surface area contributed by atoms with Crippen molar-refractivity contribution in [3.8, 4) is 0 Å². The number of aryl methyl sites for hydroxylation is 2. The molecule has 1 amide bonds. The molecule has 0 bridgehead atoms. The van der Waals surface area contributed by atoms with Crippen molar-refractivity contribution < 1.29 is 19.6 Å². The first-order chi connectivity index (χ1) is 13.7. The van der Waals surface area contributed by atoms with Crippen LogP contribution in [-0.2, 0) is 7.05 Å². The average molecular weight is 412 g/mol. The third kappa shape index (κ3) is 4.61. The summed E-state index contributed by atoms with van der Waals surface area (Å²) in [6, 6.07) is 11.9. The number of nitrogens with zero attached hydrogens (tertiary/aromatic N) is 3. The molecule has 0 atom stereocenters. The zero-order valence-electron chi connectivity index (χ0n) is 15.4. The van der Waals surface area contributed by atoms with Gasteiger partial charge in [0.1, 0.15) is 0 Å². The van der Waals surface area contributed by atoms with Crippen molar-refractivity contribution in [3.63, 3.8) is 0 Å². The average Bonchev–Trinajstić information content (AvgIpc) is 3.05. The minimum atomic E-state index is -1.30. The molecule has 0 saturated heterocycles. The molecule has 0 saturated carbocycles. The molecule has 0 aliphatic rings. The highest BCUT2D eigenvalue weighted by Gasteiger charge is 2.22. The molecule has 0 radical (unpaired) electrons. The van der Waals surface area contributed by atoms with E-state index >= 15 is 0 Å². The van der Waals surface area contributed by atoms with Gasteiger partial charge in [-0.1, -0.05) is 29.5 Å². The van der Waals surface area contributed by atoms with Crippen LogP contribution in [0, 0.1) is 17.0 Å². The van der Waals surface area contributed by atoms with E-state index in [1.165, 1.54) is 30.9 Å². The third-order valence-electron chi connectivity index (χ3n) is 4.00. The summed E-state index contributed by atoms with van der Waals surface area (Å²) < 4.78 is 1.07. The van der Waals surface area contributed by atoms with Crippen LogP contribution in [0.1, 0.15) is 26.4 Å². The summed E-state index contributed by atoms with van der Waals surface area (Å²) in [6.07, 6.45) is 1.14. The second-order valence-electron chi connectivity index (χ2n) is 6.18. The number of aromatic nitrogens is 2. The number of nitro benzene ring substituents is 1. The predicted molar refractivity (Wildman–Crippen MR) is 107 cm³/mol. The van der Waals surface area contributed by atoms with Crippen LogP contribution in [0.5, 0.6) is 0 Å². The van der Waals surface area contributed by atoms with Gasteiger partial charge in [0.2, 0.25) is 0 Å². The van der Waals surface area contributed by atoms with E-state index in [2.05, 4.69) is 10.4 Å². The fraction of sp³-hybridized carbons (Fsp3) is 0.105. The Hall–Kier alpha value is -3.66. The Labute approximate surface area is 169 Å². The number of anilines is 1. The van der Waals surface area contributed by atoms with Crippen molar-refractivity contribution in [2.45, 2.75) is 16.7 Å². The summed E-state index contributed by atoms with van der Waals surface area (Å²) in [6.45, 7) is 1.96. The van der Waals surface area contributed by atoms with Crippen molar-refractivity contribution in [2.24, 2.45) is 7.05 Å². The van der Waals surface area contributed by atoms with Crippen molar-refractivity contribution >= 4 is 35.0 Å². The van der Waals surface area contributed by atoms with Crippen molar-refractivity contribution in [3.05, 3.63) is 75.6 Å². The summed E-state index contributed by atoms with van der Waals surface area (Å²) >= 11 is 1.31. The lowest BCUT2D eigenvalue weighted by Crippen LogP contribution is -2.17. The Bertz CT molecular complexity index is 1110. The molecule has 29 heavy (non-hydrogen) atoms. The number of amides is 1. The molecule has 2 N–H and O–H groups in total. The number of nitro groups is 1. The van der Waals surface area contributed by atoms with Gasteiger partial charge in [-0.05, 0) is 25.1 Å². The fourth-order valence-corrected chi connectivity index (χ4v) is 3.53. The van der Waals surface area contributed by atoms with Crippen LogP contribution in [0.25, 0.3) is 0 Å². The SMILES string of the molecule is Cc1ccc(Sc2cc(NC(=O)c3cnn(C)c3C(=O)O)cc([N+](=O)[O-])c2)cc1. The normalized spacial score (nSPS) is 10.6. The Kier molecular flexibility index (Phi) is 5.64. The van der Waals surface area contributed by atoms with Gasteiger partial charge in [-0.3, -0.25) is 19.6 Å². The maximum atomic E-state index is 12.5. The number of hydrogen-bond acceptors (Lipinski definition) is 6. The Morgan fingerprint density at radius 3 is 2.48 bits per heavy atom. The van der Waals surface area contributed by atoms with Crippen LogP contribution in [0.3, 0.4) is 0 Å². The highest BCUT2D eigenvalue weighted by atomic mass is 32.2. The van der Waals surface area contributed by atoms with Crippen LogP contribution in [0.4, 0.5) is 11.4 Å². The number of rotatable bonds is 6. The van der Waals surface area contributed by atoms with Gasteiger partial charge >= 0.3 is 5.97 Å². The molecule has 0 unspecified atom stereocenters. The minimum absolute atomic E-state index is 0.140. The maximum absolute atomic E-state index is 12.5. The number of non-ortho nitro benzene ring substituents is 1. The number of carbonyl (C=O) groups excluding carboxylic acids is 1. The Morgan fingerprint density at radius 2 is 1.86 bits per heavy atom. The number of carboxylic acid groups (broad SMARTS) is 1. The summed E-state index contributed by atoms with van der Waals surface area (Å²) in [4.78, 5) is 36.1. The molecule has 9 nitrogen and oxygen atoms in total. The quantitative estimate of drug-likeness (QED) is 0.466. The largest absolute Gasteiger partial charge is 0.477 e. The molecule has 1 aromatic heterocycles. The van der Waals surface area contributed by atoms with E-state index in [1.807, 2.05) is 31.2 Å². The van der Waals surface area contributed by atoms with Gasteiger partial charge in [0, 0.05) is 34.7 Å². The van der Waals surface area contributed by atoms with Gasteiger partial charge in [0.25, 0.3) is 11.6 Å². The molecule has 148 valence electrons. The van der Waals surface area contributed by atoms with Gasteiger partial charge < -0.3 is 10.4 Å². The lowest BCUT2D eigenvalue weighted by atomic mass is 10.2. The summed E-state index contributed by atoms with van der Waals surface area (Å²) in [7, 11) is 1.41. The highest BCUT2D eigenvalue weighted by molar-refractivity contribution is 7.99. The maximum Gasteiger partial charge on any atom is 0.354 e. The van der Waals surface area contributed by atoms with Crippen molar-refractivity contribution in [1.82, 2.24) is 9.78 Å². The number of carboxylic acids is 1. The molecule has 0 spiro atoms. The first-order valence-electron chi connectivity index (χ1n) is 8.35. The molecule has 10 heteroatoms. The second kappa shape index (κ2) is 8.15. The van der Waals surface area contributed by atoms with E-state index in [0.717, 1.165) is 21.3 Å². The number of aromatic carboxylic acids is 1. The highest BCUT2D eigenvalue weighted by Crippen LogP contribution is 2.33. The molecule has 2 aromatic carbocycles. The summed E-state index contributed by atoms with van der Waals surface area (Å²) in [5.41, 5.74) is 0.662. The monoisotopic (exact) mass is 412 g/mol. The minimum Gasteiger partial charge on any atom is -0.477 e. The molecule has 0 aliphatic carbocycles. The summed E-state index contributed by atoms with van der Waals surface area (Å²) in [5, 5.41) is 26.9. The molecular weight excluding hydrogens is 396 g/mol. The Morgan fingerprint density at radius 1 is 1.17 bits per heavy atom. The van der Waals surface area contributed by atoms with E-state index < -0.39 is 16.8 Å². The smallest absolute Gasteiger partial charge is 0.354 e. The second-order valence-corrected chi connectivity index (χ2v) is 7.32. The van der Waals surface area contributed by atoms with E-state index in [-0.39, 0.29) is 22.6 Å². The molecule has 1 heterocycles. The predicted octanol–water partition coefficient (Wildman–Crippen LogP) is 3.74. The van der Waals surface area contributed by atoms with E-state index in [4.69, 9.17) is 0 Å². The van der Waals surface area contributed by atoms with Crippen LogP contribution >= 0.6 is 11.8 Å². The van der Waals surface area contributed by atoms with Gasteiger partial charge in [0.15, 0.2) is 5.69 Å². The first-order valence-corrected chi connectivity index (χ1v) is 9.17.